The predicted octanol–water partition coefficient (Wildman–Crippen LogP) is 4.64. The molecule has 10 heteroatoms. The highest BCUT2D eigenvalue weighted by Gasteiger charge is 2.14. The lowest BCUT2D eigenvalue weighted by Gasteiger charge is -2.12. The number of halogens is 1. The van der Waals surface area contributed by atoms with Gasteiger partial charge in [-0.3, -0.25) is 14.9 Å². The molecule has 3 rings (SSSR count). The van der Waals surface area contributed by atoms with Crippen LogP contribution in [0.1, 0.15) is 22.2 Å². The van der Waals surface area contributed by atoms with Gasteiger partial charge in [-0.15, -0.1) is 17.8 Å². The molecule has 0 aliphatic rings. The Morgan fingerprint density at radius 3 is 2.87 bits per heavy atom. The monoisotopic (exact) mass is 457 g/mol. The molecule has 158 valence electrons. The van der Waals surface area contributed by atoms with Crippen LogP contribution in [0.5, 0.6) is 11.5 Å². The fraction of sp³-hybridized carbons (Fsp3) is 0.143. The molecule has 0 unspecified atom stereocenters. The van der Waals surface area contributed by atoms with E-state index in [0.29, 0.717) is 39.0 Å². The minimum atomic E-state index is -0.481. The van der Waals surface area contributed by atoms with Crippen molar-refractivity contribution in [2.75, 3.05) is 13.2 Å². The van der Waals surface area contributed by atoms with Crippen LogP contribution in [0.2, 0.25) is 5.02 Å². The van der Waals surface area contributed by atoms with E-state index in [1.807, 2.05) is 6.92 Å². The summed E-state index contributed by atoms with van der Waals surface area (Å²) in [7, 11) is 0. The number of rotatable bonds is 8. The lowest BCUT2D eigenvalue weighted by molar-refractivity contribution is -0.384. The van der Waals surface area contributed by atoms with Crippen LogP contribution in [0.15, 0.2) is 41.5 Å². The summed E-state index contributed by atoms with van der Waals surface area (Å²) in [6, 6.07) is 9.28. The van der Waals surface area contributed by atoms with E-state index < -0.39 is 10.8 Å². The molecule has 1 aromatic heterocycles. The molecular formula is C21H16ClN3O5S. The second-order valence-electron chi connectivity index (χ2n) is 6.04. The first-order valence-electron chi connectivity index (χ1n) is 8.97. The van der Waals surface area contributed by atoms with Gasteiger partial charge in [-0.1, -0.05) is 17.5 Å². The Hall–Kier alpha value is -3.61. The number of hydrazone groups is 1. The van der Waals surface area contributed by atoms with Crippen molar-refractivity contribution in [2.45, 2.75) is 6.92 Å². The van der Waals surface area contributed by atoms with Crippen molar-refractivity contribution < 1.29 is 19.2 Å². The van der Waals surface area contributed by atoms with Crippen molar-refractivity contribution in [3.63, 3.8) is 0 Å². The number of terminal acetylenes is 1. The number of fused-ring (bicyclic) bond motifs is 1. The summed E-state index contributed by atoms with van der Waals surface area (Å²) < 4.78 is 11.7. The van der Waals surface area contributed by atoms with Crippen LogP contribution in [0, 0.1) is 22.5 Å². The highest BCUT2D eigenvalue weighted by atomic mass is 35.5. The summed E-state index contributed by atoms with van der Waals surface area (Å²) in [6.07, 6.45) is 6.63. The number of thiophene rings is 1. The minimum absolute atomic E-state index is 0.0352. The van der Waals surface area contributed by atoms with Crippen molar-refractivity contribution in [1.29, 1.82) is 0 Å². The van der Waals surface area contributed by atoms with Crippen molar-refractivity contribution >= 4 is 50.8 Å². The van der Waals surface area contributed by atoms with Crippen molar-refractivity contribution in [3.05, 3.63) is 62.0 Å². The number of amides is 1. The number of non-ortho nitro benzene ring substituents is 1. The molecule has 0 atom stereocenters. The first kappa shape index (κ1) is 22.1. The van der Waals surface area contributed by atoms with Crippen LogP contribution in [-0.4, -0.2) is 30.3 Å². The van der Waals surface area contributed by atoms with E-state index in [4.69, 9.17) is 27.5 Å². The van der Waals surface area contributed by atoms with E-state index in [9.17, 15) is 14.9 Å². The van der Waals surface area contributed by atoms with Crippen LogP contribution < -0.4 is 14.9 Å². The van der Waals surface area contributed by atoms with Crippen molar-refractivity contribution in [3.8, 4) is 23.8 Å². The SMILES string of the molecule is C#CCOc1c(Cl)cc(/C=N\NC(=O)c2cc3cc([N+](=O)[O-])ccc3s2)cc1OCC. The molecule has 0 aliphatic carbocycles. The topological polar surface area (TPSA) is 103 Å². The van der Waals surface area contributed by atoms with Gasteiger partial charge in [0, 0.05) is 22.2 Å². The summed E-state index contributed by atoms with van der Waals surface area (Å²) in [6.45, 7) is 2.26. The van der Waals surface area contributed by atoms with E-state index in [-0.39, 0.29) is 12.3 Å². The number of ether oxygens (including phenoxy) is 2. The van der Waals surface area contributed by atoms with Crippen LogP contribution >= 0.6 is 22.9 Å². The summed E-state index contributed by atoms with van der Waals surface area (Å²) in [5, 5.41) is 15.8. The fourth-order valence-electron chi connectivity index (χ4n) is 2.66. The number of nitrogens with one attached hydrogen (secondary N) is 1. The summed E-state index contributed by atoms with van der Waals surface area (Å²) in [4.78, 5) is 23.2. The summed E-state index contributed by atoms with van der Waals surface area (Å²) in [5.74, 6) is 2.67. The molecule has 3 aromatic rings. The lowest BCUT2D eigenvalue weighted by Crippen LogP contribution is -2.16. The molecule has 0 bridgehead atoms. The quantitative estimate of drug-likeness (QED) is 0.230. The molecule has 0 fully saturated rings. The molecule has 1 heterocycles. The number of benzene rings is 2. The molecule has 0 saturated carbocycles. The number of carbonyl (C=O) groups is 1. The first-order valence-corrected chi connectivity index (χ1v) is 10.2. The highest BCUT2D eigenvalue weighted by Crippen LogP contribution is 2.36. The Kier molecular flexibility index (Phi) is 7.07. The standard InChI is InChI=1S/C21H16ClN3O5S/c1-3-7-30-20-16(22)8-13(9-17(20)29-4-2)12-23-24-21(26)19-11-14-10-15(25(27)28)5-6-18(14)31-19/h1,5-6,8-12H,4,7H2,2H3,(H,24,26)/b23-12-. The first-order chi connectivity index (χ1) is 14.9. The minimum Gasteiger partial charge on any atom is -0.490 e. The fourth-order valence-corrected chi connectivity index (χ4v) is 3.86. The van der Waals surface area contributed by atoms with Gasteiger partial charge in [-0.05, 0) is 36.8 Å². The van der Waals surface area contributed by atoms with Crippen LogP contribution in [-0.2, 0) is 0 Å². The van der Waals surface area contributed by atoms with E-state index in [0.717, 1.165) is 4.70 Å². The van der Waals surface area contributed by atoms with Crippen molar-refractivity contribution in [2.24, 2.45) is 5.10 Å². The molecule has 1 N–H and O–H groups in total. The lowest BCUT2D eigenvalue weighted by atomic mass is 10.2. The van der Waals surface area contributed by atoms with Crippen LogP contribution in [0.4, 0.5) is 5.69 Å². The molecule has 8 nitrogen and oxygen atoms in total. The zero-order valence-corrected chi connectivity index (χ0v) is 17.8. The number of nitro benzene ring substituents is 1. The van der Waals surface area contributed by atoms with Gasteiger partial charge < -0.3 is 9.47 Å². The van der Waals surface area contributed by atoms with Gasteiger partial charge in [0.25, 0.3) is 11.6 Å². The normalized spacial score (nSPS) is 10.7. The number of hydrogen-bond acceptors (Lipinski definition) is 7. The van der Waals surface area contributed by atoms with Gasteiger partial charge in [0.2, 0.25) is 0 Å². The van der Waals surface area contributed by atoms with Gasteiger partial charge in [-0.2, -0.15) is 5.10 Å². The maximum absolute atomic E-state index is 12.4. The Bertz CT molecular complexity index is 1220. The average Bonchev–Trinajstić information content (AvgIpc) is 3.17. The molecule has 0 radical (unpaired) electrons. The highest BCUT2D eigenvalue weighted by molar-refractivity contribution is 7.20. The van der Waals surface area contributed by atoms with Crippen LogP contribution in [0.3, 0.4) is 0 Å². The van der Waals surface area contributed by atoms with E-state index in [1.54, 1.807) is 24.3 Å². The maximum atomic E-state index is 12.4. The molecule has 0 aliphatic heterocycles. The van der Waals surface area contributed by atoms with Gasteiger partial charge >= 0.3 is 0 Å². The largest absolute Gasteiger partial charge is 0.490 e. The third kappa shape index (κ3) is 5.31. The molecule has 1 amide bonds. The second-order valence-corrected chi connectivity index (χ2v) is 7.54. The van der Waals surface area contributed by atoms with Gasteiger partial charge in [0.1, 0.15) is 6.61 Å². The zero-order chi connectivity index (χ0) is 22.4. The van der Waals surface area contributed by atoms with E-state index >= 15 is 0 Å². The molecule has 0 saturated heterocycles. The summed E-state index contributed by atoms with van der Waals surface area (Å²) in [5.41, 5.74) is 2.97. The Morgan fingerprint density at radius 2 is 2.16 bits per heavy atom. The zero-order valence-electron chi connectivity index (χ0n) is 16.3. The van der Waals surface area contributed by atoms with Gasteiger partial charge in [-0.25, -0.2) is 5.43 Å². The van der Waals surface area contributed by atoms with E-state index in [2.05, 4.69) is 16.4 Å². The van der Waals surface area contributed by atoms with E-state index in [1.165, 1.54) is 29.7 Å². The third-order valence-electron chi connectivity index (χ3n) is 3.95. The smallest absolute Gasteiger partial charge is 0.281 e. The van der Waals surface area contributed by atoms with Gasteiger partial charge in [0.05, 0.1) is 27.6 Å². The number of nitro groups is 1. The van der Waals surface area contributed by atoms with Crippen molar-refractivity contribution in [1.82, 2.24) is 5.43 Å². The number of hydrogen-bond donors (Lipinski definition) is 1. The Balaban J connectivity index is 1.75. The predicted molar refractivity (Wildman–Crippen MR) is 120 cm³/mol. The van der Waals surface area contributed by atoms with Gasteiger partial charge in [0.15, 0.2) is 11.5 Å². The second kappa shape index (κ2) is 9.93. The molecule has 0 spiro atoms. The number of nitrogens with zero attached hydrogens (tertiary/aromatic N) is 2. The maximum Gasteiger partial charge on any atom is 0.281 e. The number of carbonyl (C=O) groups excluding carboxylic acids is 1. The Morgan fingerprint density at radius 1 is 1.35 bits per heavy atom. The average molecular weight is 458 g/mol. The molecule has 31 heavy (non-hydrogen) atoms. The van der Waals surface area contributed by atoms with Crippen LogP contribution in [0.25, 0.3) is 10.1 Å². The third-order valence-corrected chi connectivity index (χ3v) is 5.34. The molecule has 2 aromatic carbocycles. The summed E-state index contributed by atoms with van der Waals surface area (Å²) >= 11 is 7.47. The Labute approximate surface area is 186 Å². The molecular weight excluding hydrogens is 442 g/mol.